The Hall–Kier alpha value is -1.36. The number of para-hydroxylation sites is 1. The summed E-state index contributed by atoms with van der Waals surface area (Å²) < 4.78 is 5.07. The van der Waals surface area contributed by atoms with E-state index in [9.17, 15) is 9.59 Å². The smallest absolute Gasteiger partial charge is 0.339 e. The fraction of sp³-hybridized carbons (Fsp3) is 0.429. The van der Waals surface area contributed by atoms with Crippen LogP contribution in [0.5, 0.6) is 5.75 Å². The van der Waals surface area contributed by atoms with E-state index in [2.05, 4.69) is 15.9 Å². The van der Waals surface area contributed by atoms with Crippen LogP contribution in [0.3, 0.4) is 0 Å². The Kier molecular flexibility index (Phi) is 6.56. The van der Waals surface area contributed by atoms with Gasteiger partial charge >= 0.3 is 11.9 Å². The first kappa shape index (κ1) is 15.7. The molecule has 0 aromatic heterocycles. The second-order valence-corrected chi connectivity index (χ2v) is 4.99. The molecule has 0 aliphatic heterocycles. The molecule has 0 spiro atoms. The third kappa shape index (κ3) is 5.03. The maximum atomic E-state index is 11.1. The number of aryl methyl sites for hydroxylation is 1. The number of rotatable bonds is 7. The minimum Gasteiger partial charge on any atom is -0.478 e. The highest BCUT2D eigenvalue weighted by Gasteiger charge is 2.16. The van der Waals surface area contributed by atoms with E-state index in [4.69, 9.17) is 9.84 Å². The van der Waals surface area contributed by atoms with Gasteiger partial charge in [0.25, 0.3) is 0 Å². The number of carboxylic acids is 1. The van der Waals surface area contributed by atoms with Crippen LogP contribution in [-0.4, -0.2) is 22.4 Å². The van der Waals surface area contributed by atoms with Crippen LogP contribution in [0.2, 0.25) is 0 Å². The van der Waals surface area contributed by atoms with Crippen molar-refractivity contribution in [2.24, 2.45) is 0 Å². The highest BCUT2D eigenvalue weighted by atomic mass is 79.9. The van der Waals surface area contributed by atoms with Crippen molar-refractivity contribution in [1.29, 1.82) is 0 Å². The maximum Gasteiger partial charge on any atom is 0.339 e. The van der Waals surface area contributed by atoms with Crippen LogP contribution in [0.25, 0.3) is 0 Å². The predicted molar refractivity (Wildman–Crippen MR) is 76.1 cm³/mol. The van der Waals surface area contributed by atoms with Crippen molar-refractivity contribution in [3.8, 4) is 5.75 Å². The van der Waals surface area contributed by atoms with Gasteiger partial charge in [0.05, 0.1) is 0 Å². The van der Waals surface area contributed by atoms with Crippen molar-refractivity contribution in [3.63, 3.8) is 0 Å². The zero-order chi connectivity index (χ0) is 14.3. The minimum absolute atomic E-state index is 0.0354. The summed E-state index contributed by atoms with van der Waals surface area (Å²) in [5.41, 5.74) is 0.804. The quantitative estimate of drug-likeness (QED) is 0.360. The molecule has 0 saturated heterocycles. The van der Waals surface area contributed by atoms with Crippen LogP contribution >= 0.6 is 15.9 Å². The van der Waals surface area contributed by atoms with Crippen molar-refractivity contribution in [2.45, 2.75) is 32.6 Å². The molecule has 0 radical (unpaired) electrons. The fourth-order valence-electron chi connectivity index (χ4n) is 1.80. The van der Waals surface area contributed by atoms with E-state index in [0.29, 0.717) is 6.42 Å². The van der Waals surface area contributed by atoms with Gasteiger partial charge in [0.15, 0.2) is 0 Å². The molecule has 1 N–H and O–H groups in total. The van der Waals surface area contributed by atoms with Gasteiger partial charge in [-0.15, -0.1) is 0 Å². The van der Waals surface area contributed by atoms with Gasteiger partial charge < -0.3 is 9.84 Å². The number of carbonyl (C=O) groups excluding carboxylic acids is 1. The van der Waals surface area contributed by atoms with Gasteiger partial charge in [-0.2, -0.15) is 0 Å². The van der Waals surface area contributed by atoms with Gasteiger partial charge in [-0.3, -0.25) is 4.79 Å². The Morgan fingerprint density at radius 2 is 2.00 bits per heavy atom. The number of ether oxygens (including phenoxy) is 1. The van der Waals surface area contributed by atoms with Gasteiger partial charge in [-0.25, -0.2) is 4.79 Å². The number of aromatic carboxylic acids is 1. The highest BCUT2D eigenvalue weighted by Crippen LogP contribution is 2.26. The summed E-state index contributed by atoms with van der Waals surface area (Å²) in [5, 5.41) is 10.1. The number of benzene rings is 1. The van der Waals surface area contributed by atoms with Crippen LogP contribution < -0.4 is 4.74 Å². The topological polar surface area (TPSA) is 63.6 Å². The first-order valence-corrected chi connectivity index (χ1v) is 7.28. The van der Waals surface area contributed by atoms with E-state index in [1.165, 1.54) is 13.0 Å². The summed E-state index contributed by atoms with van der Waals surface area (Å²) in [5.74, 6) is -1.41. The standard InChI is InChI=1S/C14H17BrO4/c1-10(16)19-13-11(6-3-2-4-9-15)7-5-8-12(13)14(17)18/h5,7-8H,2-4,6,9H2,1H3,(H,17,18). The molecule has 0 fully saturated rings. The van der Waals surface area contributed by atoms with Gasteiger partial charge in [-0.1, -0.05) is 34.5 Å². The molecule has 1 aromatic carbocycles. The zero-order valence-corrected chi connectivity index (χ0v) is 12.4. The number of alkyl halides is 1. The number of carbonyl (C=O) groups is 2. The number of unbranched alkanes of at least 4 members (excludes halogenated alkanes) is 2. The van der Waals surface area contributed by atoms with Gasteiger partial charge in [-0.05, 0) is 30.9 Å². The first-order valence-electron chi connectivity index (χ1n) is 6.15. The SMILES string of the molecule is CC(=O)Oc1c(CCCCCBr)cccc1C(=O)O. The van der Waals surface area contributed by atoms with Crippen LogP contribution in [0, 0.1) is 0 Å². The summed E-state index contributed by atoms with van der Waals surface area (Å²) in [6.07, 6.45) is 3.75. The average molecular weight is 329 g/mol. The molecular formula is C14H17BrO4. The number of hydrogen-bond acceptors (Lipinski definition) is 3. The molecule has 19 heavy (non-hydrogen) atoms. The molecule has 0 atom stereocenters. The number of esters is 1. The molecule has 0 aliphatic carbocycles. The monoisotopic (exact) mass is 328 g/mol. The Balaban J connectivity index is 2.91. The second kappa shape index (κ2) is 7.94. The fourth-order valence-corrected chi connectivity index (χ4v) is 2.20. The summed E-state index contributed by atoms with van der Waals surface area (Å²) in [6, 6.07) is 4.93. The van der Waals surface area contributed by atoms with Crippen molar-refractivity contribution >= 4 is 27.9 Å². The third-order valence-electron chi connectivity index (χ3n) is 2.65. The molecule has 104 valence electrons. The van der Waals surface area contributed by atoms with Crippen LogP contribution in [0.1, 0.15) is 42.1 Å². The third-order valence-corrected chi connectivity index (χ3v) is 3.21. The maximum absolute atomic E-state index is 11.1. The lowest BCUT2D eigenvalue weighted by Crippen LogP contribution is -2.09. The van der Waals surface area contributed by atoms with Crippen molar-refractivity contribution in [1.82, 2.24) is 0 Å². The Bertz CT molecular complexity index is 457. The highest BCUT2D eigenvalue weighted by molar-refractivity contribution is 9.09. The molecule has 1 rings (SSSR count). The molecule has 0 saturated carbocycles. The predicted octanol–water partition coefficient (Wildman–Crippen LogP) is 3.42. The number of halogens is 1. The van der Waals surface area contributed by atoms with Crippen molar-refractivity contribution in [2.75, 3.05) is 5.33 Å². The molecule has 0 bridgehead atoms. The summed E-state index contributed by atoms with van der Waals surface area (Å²) in [4.78, 5) is 22.2. The Morgan fingerprint density at radius 1 is 1.26 bits per heavy atom. The Labute approximate surface area is 120 Å². The lowest BCUT2D eigenvalue weighted by atomic mass is 10.0. The summed E-state index contributed by atoms with van der Waals surface area (Å²) in [7, 11) is 0. The van der Waals surface area contributed by atoms with E-state index in [0.717, 1.165) is 30.2 Å². The first-order chi connectivity index (χ1) is 9.06. The summed E-state index contributed by atoms with van der Waals surface area (Å²) >= 11 is 3.37. The van der Waals surface area contributed by atoms with Crippen LogP contribution in [-0.2, 0) is 11.2 Å². The molecule has 0 aliphatic rings. The molecule has 1 aromatic rings. The second-order valence-electron chi connectivity index (χ2n) is 4.19. The zero-order valence-electron chi connectivity index (χ0n) is 10.8. The molecular weight excluding hydrogens is 312 g/mol. The van der Waals surface area contributed by atoms with E-state index in [1.807, 2.05) is 0 Å². The number of carboxylic acid groups (broad SMARTS) is 1. The lowest BCUT2D eigenvalue weighted by molar-refractivity contribution is -0.131. The van der Waals surface area contributed by atoms with Gasteiger partial charge in [0, 0.05) is 12.3 Å². The van der Waals surface area contributed by atoms with Crippen LogP contribution in [0.4, 0.5) is 0 Å². The normalized spacial score (nSPS) is 10.2. The average Bonchev–Trinajstić information content (AvgIpc) is 2.35. The van der Waals surface area contributed by atoms with Crippen LogP contribution in [0.15, 0.2) is 18.2 Å². The molecule has 4 nitrogen and oxygen atoms in total. The van der Waals surface area contributed by atoms with Gasteiger partial charge in [0.1, 0.15) is 11.3 Å². The summed E-state index contributed by atoms with van der Waals surface area (Å²) in [6.45, 7) is 1.27. The molecule has 5 heteroatoms. The number of hydrogen-bond donors (Lipinski definition) is 1. The molecule has 0 amide bonds. The van der Waals surface area contributed by atoms with Crippen molar-refractivity contribution in [3.05, 3.63) is 29.3 Å². The van der Waals surface area contributed by atoms with E-state index in [-0.39, 0.29) is 11.3 Å². The van der Waals surface area contributed by atoms with Crippen molar-refractivity contribution < 1.29 is 19.4 Å². The lowest BCUT2D eigenvalue weighted by Gasteiger charge is -2.11. The molecule has 0 unspecified atom stereocenters. The minimum atomic E-state index is -1.08. The van der Waals surface area contributed by atoms with E-state index in [1.54, 1.807) is 12.1 Å². The molecule has 0 heterocycles. The van der Waals surface area contributed by atoms with E-state index < -0.39 is 11.9 Å². The van der Waals surface area contributed by atoms with E-state index >= 15 is 0 Å². The van der Waals surface area contributed by atoms with Gasteiger partial charge in [0.2, 0.25) is 0 Å². The Morgan fingerprint density at radius 3 is 2.58 bits per heavy atom. The largest absolute Gasteiger partial charge is 0.478 e.